The van der Waals surface area contributed by atoms with Gasteiger partial charge in [0.05, 0.1) is 0 Å². The van der Waals surface area contributed by atoms with Crippen LogP contribution >= 0.6 is 0 Å². The minimum Gasteiger partial charge on any atom is -0.0628 e. The van der Waals surface area contributed by atoms with Gasteiger partial charge in [-0.2, -0.15) is 0 Å². The molecule has 0 aliphatic heterocycles. The highest BCUT2D eigenvalue weighted by molar-refractivity contribution is 5.27. The molecule has 28 heavy (non-hydrogen) atoms. The molecule has 0 saturated heterocycles. The third kappa shape index (κ3) is 14.3. The second-order valence-corrected chi connectivity index (χ2v) is 9.88. The van der Waals surface area contributed by atoms with Crippen LogP contribution in [0, 0.1) is 11.8 Å². The first kappa shape index (κ1) is 25.3. The molecule has 162 valence electrons. The van der Waals surface area contributed by atoms with Crippen molar-refractivity contribution in [2.24, 2.45) is 11.8 Å². The summed E-state index contributed by atoms with van der Waals surface area (Å²) < 4.78 is 0. The number of hydrogen-bond donors (Lipinski definition) is 0. The summed E-state index contributed by atoms with van der Waals surface area (Å²) in [5.74, 6) is 1.75. The molecule has 1 rings (SSSR count). The Morgan fingerprint density at radius 1 is 0.464 bits per heavy atom. The van der Waals surface area contributed by atoms with E-state index >= 15 is 0 Å². The van der Waals surface area contributed by atoms with Gasteiger partial charge in [-0.3, -0.25) is 0 Å². The Hall–Kier alpha value is -0.780. The van der Waals surface area contributed by atoms with Crippen LogP contribution in [0.3, 0.4) is 0 Å². The summed E-state index contributed by atoms with van der Waals surface area (Å²) in [6.07, 6.45) is 22.4. The van der Waals surface area contributed by atoms with Gasteiger partial charge < -0.3 is 0 Å². The van der Waals surface area contributed by atoms with Crippen LogP contribution in [0.5, 0.6) is 0 Å². The van der Waals surface area contributed by atoms with E-state index in [0.717, 1.165) is 11.8 Å². The minimum atomic E-state index is 0.876. The van der Waals surface area contributed by atoms with Crippen LogP contribution in [-0.4, -0.2) is 0 Å². The van der Waals surface area contributed by atoms with Crippen molar-refractivity contribution >= 4 is 0 Å². The molecule has 0 heterocycles. The molecular weight excluding hydrogens is 336 g/mol. The molecule has 0 aliphatic rings. The molecule has 0 radical (unpaired) electrons. The summed E-state index contributed by atoms with van der Waals surface area (Å²) in [7, 11) is 0. The lowest BCUT2D eigenvalue weighted by molar-refractivity contribution is 0.510. The fraction of sp³-hybridized carbons (Fsp3) is 0.786. The van der Waals surface area contributed by atoms with Crippen LogP contribution in [0.25, 0.3) is 0 Å². The van der Waals surface area contributed by atoms with Crippen molar-refractivity contribution in [3.05, 3.63) is 35.4 Å². The lowest BCUT2D eigenvalue weighted by atomic mass is 9.96. The summed E-state index contributed by atoms with van der Waals surface area (Å²) in [4.78, 5) is 0. The van der Waals surface area contributed by atoms with E-state index in [2.05, 4.69) is 52.0 Å². The van der Waals surface area contributed by atoms with Crippen molar-refractivity contribution in [1.82, 2.24) is 0 Å². The van der Waals surface area contributed by atoms with Gasteiger partial charge in [-0.25, -0.2) is 0 Å². The highest BCUT2D eigenvalue weighted by Crippen LogP contribution is 2.18. The normalized spacial score (nSPS) is 11.6. The second kappa shape index (κ2) is 17.1. The van der Waals surface area contributed by atoms with Gasteiger partial charge in [0.25, 0.3) is 0 Å². The zero-order chi connectivity index (χ0) is 20.5. The Balaban J connectivity index is 2.09. The molecule has 0 bridgehead atoms. The molecule has 1 aromatic rings. The predicted molar refractivity (Wildman–Crippen MR) is 128 cm³/mol. The Bertz CT molecular complexity index is 414. The Labute approximate surface area is 177 Å². The fourth-order valence-electron chi connectivity index (χ4n) is 4.20. The van der Waals surface area contributed by atoms with Gasteiger partial charge in [0.15, 0.2) is 0 Å². The van der Waals surface area contributed by atoms with Gasteiger partial charge >= 0.3 is 0 Å². The van der Waals surface area contributed by atoms with Gasteiger partial charge in [-0.1, -0.05) is 129 Å². The fourth-order valence-corrected chi connectivity index (χ4v) is 4.20. The average Bonchev–Trinajstić information content (AvgIpc) is 2.66. The Kier molecular flexibility index (Phi) is 15.4. The van der Waals surface area contributed by atoms with E-state index < -0.39 is 0 Å². The van der Waals surface area contributed by atoms with E-state index in [1.807, 2.05) is 0 Å². The lowest BCUT2D eigenvalue weighted by Gasteiger charge is -2.10. The first-order valence-corrected chi connectivity index (χ1v) is 12.7. The van der Waals surface area contributed by atoms with E-state index in [1.165, 1.54) is 103 Å². The quantitative estimate of drug-likeness (QED) is 0.220. The first-order chi connectivity index (χ1) is 13.6. The van der Waals surface area contributed by atoms with Gasteiger partial charge in [-0.15, -0.1) is 0 Å². The van der Waals surface area contributed by atoms with E-state index in [-0.39, 0.29) is 0 Å². The standard InChI is InChI=1S/C28H50/c1-25(2)19-13-9-5-7-11-15-21-27-23-17-18-24-28(27)22-16-12-8-6-10-14-20-26(3)4/h17-18,23-26H,5-16,19-22H2,1-4H3. The van der Waals surface area contributed by atoms with E-state index in [0.29, 0.717) is 0 Å². The van der Waals surface area contributed by atoms with Crippen molar-refractivity contribution in [2.45, 2.75) is 130 Å². The summed E-state index contributed by atoms with van der Waals surface area (Å²) in [5.41, 5.74) is 3.25. The van der Waals surface area contributed by atoms with E-state index in [9.17, 15) is 0 Å². The monoisotopic (exact) mass is 386 g/mol. The van der Waals surface area contributed by atoms with Crippen molar-refractivity contribution in [3.8, 4) is 0 Å². The molecule has 0 saturated carbocycles. The van der Waals surface area contributed by atoms with Gasteiger partial charge in [0.2, 0.25) is 0 Å². The molecule has 0 fully saturated rings. The molecule has 0 N–H and O–H groups in total. The van der Waals surface area contributed by atoms with Crippen LogP contribution in [0.1, 0.15) is 129 Å². The summed E-state index contributed by atoms with van der Waals surface area (Å²) in [6.45, 7) is 9.35. The zero-order valence-corrected chi connectivity index (χ0v) is 19.8. The summed E-state index contributed by atoms with van der Waals surface area (Å²) in [5, 5.41) is 0. The van der Waals surface area contributed by atoms with Crippen LogP contribution in [0.4, 0.5) is 0 Å². The highest BCUT2D eigenvalue weighted by atomic mass is 14.1. The molecule has 0 atom stereocenters. The largest absolute Gasteiger partial charge is 0.0628 e. The molecule has 0 spiro atoms. The molecule has 0 nitrogen and oxygen atoms in total. The highest BCUT2D eigenvalue weighted by Gasteiger charge is 2.03. The maximum absolute atomic E-state index is 2.38. The molecule has 0 aromatic heterocycles. The maximum atomic E-state index is 2.38. The van der Waals surface area contributed by atoms with Gasteiger partial charge in [0, 0.05) is 0 Å². The Morgan fingerprint density at radius 3 is 1.14 bits per heavy atom. The predicted octanol–water partition coefficient (Wildman–Crippen LogP) is 9.54. The van der Waals surface area contributed by atoms with Crippen LogP contribution in [-0.2, 0) is 12.8 Å². The smallest absolute Gasteiger partial charge is 0.0276 e. The molecule has 0 heteroatoms. The number of hydrogen-bond acceptors (Lipinski definition) is 0. The van der Waals surface area contributed by atoms with E-state index in [1.54, 1.807) is 11.1 Å². The molecule has 0 amide bonds. The second-order valence-electron chi connectivity index (χ2n) is 9.88. The van der Waals surface area contributed by atoms with Gasteiger partial charge in [0.1, 0.15) is 0 Å². The SMILES string of the molecule is CC(C)CCCCCCCCc1ccccc1CCCCCCCCC(C)C. The summed E-state index contributed by atoms with van der Waals surface area (Å²) >= 11 is 0. The van der Waals surface area contributed by atoms with Crippen LogP contribution in [0.15, 0.2) is 24.3 Å². The number of unbranched alkanes of at least 4 members (excludes halogenated alkanes) is 10. The van der Waals surface area contributed by atoms with Crippen LogP contribution in [0.2, 0.25) is 0 Å². The van der Waals surface area contributed by atoms with Crippen molar-refractivity contribution < 1.29 is 0 Å². The molecular formula is C28H50. The number of benzene rings is 1. The van der Waals surface area contributed by atoms with Crippen molar-refractivity contribution in [3.63, 3.8) is 0 Å². The minimum absolute atomic E-state index is 0.876. The van der Waals surface area contributed by atoms with Crippen molar-refractivity contribution in [1.29, 1.82) is 0 Å². The number of rotatable bonds is 18. The Morgan fingerprint density at radius 2 is 0.786 bits per heavy atom. The third-order valence-electron chi connectivity index (χ3n) is 6.07. The first-order valence-electron chi connectivity index (χ1n) is 12.7. The van der Waals surface area contributed by atoms with Crippen molar-refractivity contribution in [2.75, 3.05) is 0 Å². The molecule has 1 aromatic carbocycles. The third-order valence-corrected chi connectivity index (χ3v) is 6.07. The molecule has 0 aliphatic carbocycles. The zero-order valence-electron chi connectivity index (χ0n) is 19.8. The maximum Gasteiger partial charge on any atom is -0.0276 e. The summed E-state index contributed by atoms with van der Waals surface area (Å²) in [6, 6.07) is 9.23. The van der Waals surface area contributed by atoms with E-state index in [4.69, 9.17) is 0 Å². The number of aryl methyl sites for hydroxylation is 2. The molecule has 0 unspecified atom stereocenters. The topological polar surface area (TPSA) is 0 Å². The lowest BCUT2D eigenvalue weighted by Crippen LogP contribution is -1.95. The van der Waals surface area contributed by atoms with Gasteiger partial charge in [-0.05, 0) is 48.6 Å². The average molecular weight is 387 g/mol. The van der Waals surface area contributed by atoms with Crippen LogP contribution < -0.4 is 0 Å².